The van der Waals surface area contributed by atoms with Crippen LogP contribution in [-0.4, -0.2) is 24.1 Å². The summed E-state index contributed by atoms with van der Waals surface area (Å²) in [6, 6.07) is 0. The van der Waals surface area contributed by atoms with Crippen LogP contribution >= 0.6 is 11.8 Å². The van der Waals surface area contributed by atoms with E-state index in [0.29, 0.717) is 0 Å². The SMILES string of the molecule is CC1(C)C=NC2=C(CNCC2)S1. The van der Waals surface area contributed by atoms with Gasteiger partial charge in [-0.2, -0.15) is 0 Å². The summed E-state index contributed by atoms with van der Waals surface area (Å²) in [5.74, 6) is 0. The normalized spacial score (nSPS) is 27.2. The van der Waals surface area contributed by atoms with E-state index in [0.717, 1.165) is 19.5 Å². The van der Waals surface area contributed by atoms with Gasteiger partial charge in [-0.05, 0) is 13.8 Å². The molecule has 2 nitrogen and oxygen atoms in total. The van der Waals surface area contributed by atoms with Gasteiger partial charge < -0.3 is 5.32 Å². The molecule has 0 atom stereocenters. The predicted octanol–water partition coefficient (Wildman–Crippen LogP) is 1.79. The van der Waals surface area contributed by atoms with E-state index in [-0.39, 0.29) is 4.75 Å². The van der Waals surface area contributed by atoms with E-state index in [1.54, 1.807) is 0 Å². The smallest absolute Gasteiger partial charge is 0.0521 e. The van der Waals surface area contributed by atoms with Gasteiger partial charge in [0, 0.05) is 35.4 Å². The van der Waals surface area contributed by atoms with Crippen LogP contribution in [0.1, 0.15) is 20.3 Å². The number of thioether (sulfide) groups is 1. The summed E-state index contributed by atoms with van der Waals surface area (Å²) in [5.41, 5.74) is 1.30. The van der Waals surface area contributed by atoms with Crippen molar-refractivity contribution in [3.05, 3.63) is 10.6 Å². The Bertz CT molecular complexity index is 253. The molecule has 2 aliphatic heterocycles. The standard InChI is InChI=1S/C9H14N2S/c1-9(2)6-11-7-3-4-10-5-8(7)12-9/h6,10H,3-5H2,1-2H3. The first kappa shape index (κ1) is 8.32. The van der Waals surface area contributed by atoms with E-state index in [4.69, 9.17) is 0 Å². The van der Waals surface area contributed by atoms with Crippen LogP contribution in [0.3, 0.4) is 0 Å². The fraction of sp³-hybridized carbons (Fsp3) is 0.667. The Labute approximate surface area is 77.5 Å². The van der Waals surface area contributed by atoms with Gasteiger partial charge >= 0.3 is 0 Å². The van der Waals surface area contributed by atoms with Crippen LogP contribution in [0.25, 0.3) is 0 Å². The quantitative estimate of drug-likeness (QED) is 0.617. The van der Waals surface area contributed by atoms with Gasteiger partial charge in [0.15, 0.2) is 0 Å². The van der Waals surface area contributed by atoms with Crippen LogP contribution in [0.4, 0.5) is 0 Å². The van der Waals surface area contributed by atoms with Crippen molar-refractivity contribution in [2.75, 3.05) is 13.1 Å². The number of hydrogen-bond donors (Lipinski definition) is 1. The van der Waals surface area contributed by atoms with E-state index in [2.05, 4.69) is 30.4 Å². The van der Waals surface area contributed by atoms with Gasteiger partial charge in [-0.15, -0.1) is 11.8 Å². The highest BCUT2D eigenvalue weighted by Crippen LogP contribution is 2.37. The lowest BCUT2D eigenvalue weighted by Gasteiger charge is -2.29. The minimum absolute atomic E-state index is 0.192. The summed E-state index contributed by atoms with van der Waals surface area (Å²) in [7, 11) is 0. The Morgan fingerprint density at radius 2 is 2.42 bits per heavy atom. The van der Waals surface area contributed by atoms with Gasteiger partial charge in [0.2, 0.25) is 0 Å². The molecule has 2 rings (SSSR count). The predicted molar refractivity (Wildman–Crippen MR) is 54.7 cm³/mol. The number of rotatable bonds is 0. The van der Waals surface area contributed by atoms with Crippen LogP contribution in [0.15, 0.2) is 15.6 Å². The number of hydrogen-bond acceptors (Lipinski definition) is 3. The number of nitrogens with one attached hydrogen (secondary N) is 1. The van der Waals surface area contributed by atoms with Crippen molar-refractivity contribution in [1.29, 1.82) is 0 Å². The van der Waals surface area contributed by atoms with Crippen LogP contribution in [0, 0.1) is 0 Å². The third-order valence-electron chi connectivity index (χ3n) is 2.06. The Kier molecular flexibility index (Phi) is 2.00. The molecule has 0 aromatic carbocycles. The zero-order chi connectivity index (χ0) is 8.60. The minimum atomic E-state index is 0.192. The molecule has 0 aromatic rings. The van der Waals surface area contributed by atoms with Crippen molar-refractivity contribution in [2.45, 2.75) is 25.0 Å². The molecule has 2 heterocycles. The first-order valence-electron chi connectivity index (χ1n) is 4.34. The van der Waals surface area contributed by atoms with E-state index in [1.807, 2.05) is 11.8 Å². The zero-order valence-corrected chi connectivity index (χ0v) is 8.37. The van der Waals surface area contributed by atoms with Crippen molar-refractivity contribution in [3.63, 3.8) is 0 Å². The second-order valence-corrected chi connectivity index (χ2v) is 5.51. The summed E-state index contributed by atoms with van der Waals surface area (Å²) in [6.45, 7) is 6.51. The van der Waals surface area contributed by atoms with Crippen molar-refractivity contribution in [3.8, 4) is 0 Å². The van der Waals surface area contributed by atoms with Crippen molar-refractivity contribution >= 4 is 18.0 Å². The second-order valence-electron chi connectivity index (χ2n) is 3.76. The van der Waals surface area contributed by atoms with Gasteiger partial charge in [0.1, 0.15) is 0 Å². The third-order valence-corrected chi connectivity index (χ3v) is 3.32. The summed E-state index contributed by atoms with van der Waals surface area (Å²) in [5, 5.41) is 3.37. The van der Waals surface area contributed by atoms with Gasteiger partial charge in [-0.3, -0.25) is 4.99 Å². The molecule has 66 valence electrons. The van der Waals surface area contributed by atoms with Crippen LogP contribution in [0.2, 0.25) is 0 Å². The molecule has 0 radical (unpaired) electrons. The summed E-state index contributed by atoms with van der Waals surface area (Å²) < 4.78 is 0.192. The maximum absolute atomic E-state index is 4.50. The summed E-state index contributed by atoms with van der Waals surface area (Å²) in [4.78, 5) is 5.94. The molecule has 0 amide bonds. The van der Waals surface area contributed by atoms with Gasteiger partial charge in [-0.25, -0.2) is 0 Å². The van der Waals surface area contributed by atoms with E-state index in [9.17, 15) is 0 Å². The Morgan fingerprint density at radius 1 is 1.58 bits per heavy atom. The second kappa shape index (κ2) is 2.89. The maximum Gasteiger partial charge on any atom is 0.0521 e. The van der Waals surface area contributed by atoms with Crippen LogP contribution in [0.5, 0.6) is 0 Å². The molecule has 0 saturated heterocycles. The average Bonchev–Trinajstić information content (AvgIpc) is 2.02. The van der Waals surface area contributed by atoms with Crippen molar-refractivity contribution in [2.24, 2.45) is 4.99 Å². The van der Waals surface area contributed by atoms with Crippen LogP contribution in [-0.2, 0) is 0 Å². The maximum atomic E-state index is 4.50. The molecular formula is C9H14N2S. The highest BCUT2D eigenvalue weighted by atomic mass is 32.2. The molecule has 0 spiro atoms. The highest BCUT2D eigenvalue weighted by molar-refractivity contribution is 8.05. The summed E-state index contributed by atoms with van der Waals surface area (Å²) in [6.07, 6.45) is 3.16. The molecule has 12 heavy (non-hydrogen) atoms. The molecule has 0 unspecified atom stereocenters. The molecule has 2 aliphatic rings. The fourth-order valence-electron chi connectivity index (χ4n) is 1.46. The Morgan fingerprint density at radius 3 is 3.25 bits per heavy atom. The molecule has 1 N–H and O–H groups in total. The van der Waals surface area contributed by atoms with Gasteiger partial charge in [-0.1, -0.05) is 0 Å². The lowest BCUT2D eigenvalue weighted by Crippen LogP contribution is -2.29. The average molecular weight is 182 g/mol. The first-order chi connectivity index (χ1) is 5.67. The van der Waals surface area contributed by atoms with E-state index < -0.39 is 0 Å². The molecular weight excluding hydrogens is 168 g/mol. The van der Waals surface area contributed by atoms with E-state index >= 15 is 0 Å². The van der Waals surface area contributed by atoms with Crippen molar-refractivity contribution < 1.29 is 0 Å². The monoisotopic (exact) mass is 182 g/mol. The Hall–Kier alpha value is -0.280. The van der Waals surface area contributed by atoms with Gasteiger partial charge in [0.25, 0.3) is 0 Å². The van der Waals surface area contributed by atoms with E-state index in [1.165, 1.54) is 10.6 Å². The molecule has 0 bridgehead atoms. The number of nitrogens with zero attached hydrogens (tertiary/aromatic N) is 1. The minimum Gasteiger partial charge on any atom is -0.312 e. The topological polar surface area (TPSA) is 24.4 Å². The molecule has 0 aliphatic carbocycles. The fourth-order valence-corrected chi connectivity index (χ4v) is 2.65. The summed E-state index contributed by atoms with van der Waals surface area (Å²) >= 11 is 1.94. The molecule has 3 heteroatoms. The van der Waals surface area contributed by atoms with Crippen molar-refractivity contribution in [1.82, 2.24) is 5.32 Å². The molecule has 0 fully saturated rings. The largest absolute Gasteiger partial charge is 0.312 e. The lowest BCUT2D eigenvalue weighted by atomic mass is 10.2. The Balaban J connectivity index is 2.23. The molecule has 0 saturated carbocycles. The zero-order valence-electron chi connectivity index (χ0n) is 7.55. The molecule has 0 aromatic heterocycles. The third kappa shape index (κ3) is 1.57. The van der Waals surface area contributed by atoms with Crippen LogP contribution < -0.4 is 5.32 Å². The number of aliphatic imine (C=N–C) groups is 1. The first-order valence-corrected chi connectivity index (χ1v) is 5.16. The highest BCUT2D eigenvalue weighted by Gasteiger charge is 2.25. The van der Waals surface area contributed by atoms with Gasteiger partial charge in [0.05, 0.1) is 5.70 Å². The lowest BCUT2D eigenvalue weighted by molar-refractivity contribution is 0.688.